The first-order valence-corrected chi connectivity index (χ1v) is 8.98. The Labute approximate surface area is 138 Å². The lowest BCUT2D eigenvalue weighted by atomic mass is 9.73. The molecule has 1 aromatic rings. The molecule has 0 radical (unpaired) electrons. The summed E-state index contributed by atoms with van der Waals surface area (Å²) in [5.41, 5.74) is 0.659. The lowest BCUT2D eigenvalue weighted by Gasteiger charge is -2.45. The molecular weight excluding hydrogens is 288 g/mol. The zero-order chi connectivity index (χ0) is 15.7. The number of nitrogens with one attached hydrogen (secondary N) is 1. The summed E-state index contributed by atoms with van der Waals surface area (Å²) in [6.07, 6.45) is 4.12. The Balaban J connectivity index is 1.56. The van der Waals surface area contributed by atoms with E-state index in [-0.39, 0.29) is 12.1 Å². The third-order valence-corrected chi connectivity index (χ3v) is 6.03. The number of benzene rings is 1. The van der Waals surface area contributed by atoms with Crippen LogP contribution in [0.25, 0.3) is 0 Å². The van der Waals surface area contributed by atoms with Crippen LogP contribution >= 0.6 is 0 Å². The number of hydrogen-bond acceptors (Lipinski definition) is 4. The molecule has 0 amide bonds. The number of nitrogens with zero attached hydrogens (tertiary/aromatic N) is 1. The van der Waals surface area contributed by atoms with Crippen LogP contribution in [0.15, 0.2) is 30.3 Å². The first-order chi connectivity index (χ1) is 11.3. The molecule has 4 saturated heterocycles. The van der Waals surface area contributed by atoms with Crippen molar-refractivity contribution >= 4 is 5.97 Å². The number of ether oxygens (including phenoxy) is 1. The number of esters is 1. The molecule has 1 atom stereocenters. The number of fused-ring (bicyclic) bond motifs is 3. The lowest BCUT2D eigenvalue weighted by molar-refractivity contribution is -0.167. The van der Waals surface area contributed by atoms with Gasteiger partial charge in [-0.3, -0.25) is 9.69 Å². The molecule has 5 rings (SSSR count). The van der Waals surface area contributed by atoms with E-state index in [4.69, 9.17) is 4.74 Å². The van der Waals surface area contributed by atoms with E-state index in [0.717, 1.165) is 38.0 Å². The van der Waals surface area contributed by atoms with Gasteiger partial charge in [0.25, 0.3) is 0 Å². The first kappa shape index (κ1) is 15.2. The first-order valence-electron chi connectivity index (χ1n) is 8.98. The Kier molecular flexibility index (Phi) is 4.12. The highest BCUT2D eigenvalue weighted by Gasteiger charge is 2.45. The smallest absolute Gasteiger partial charge is 0.316 e. The van der Waals surface area contributed by atoms with Gasteiger partial charge in [-0.1, -0.05) is 30.3 Å². The summed E-state index contributed by atoms with van der Waals surface area (Å²) in [5.74, 6) is 0.572. The maximum absolute atomic E-state index is 13.2. The molecule has 0 spiro atoms. The van der Waals surface area contributed by atoms with Gasteiger partial charge in [-0.15, -0.1) is 0 Å². The Bertz CT molecular complexity index is 546. The van der Waals surface area contributed by atoms with Crippen LogP contribution in [0.5, 0.6) is 0 Å². The minimum atomic E-state index is -0.460. The second-order valence-electron chi connectivity index (χ2n) is 7.28. The number of rotatable bonds is 3. The predicted octanol–water partition coefficient (Wildman–Crippen LogP) is 1.95. The molecule has 23 heavy (non-hydrogen) atoms. The molecule has 4 fully saturated rings. The van der Waals surface area contributed by atoms with Crippen LogP contribution in [0.2, 0.25) is 0 Å². The average Bonchev–Trinajstić information content (AvgIpc) is 2.64. The Morgan fingerprint density at radius 3 is 2.43 bits per heavy atom. The normalized spacial score (nSPS) is 32.4. The van der Waals surface area contributed by atoms with Crippen LogP contribution in [-0.4, -0.2) is 49.7 Å². The molecule has 4 nitrogen and oxygen atoms in total. The third-order valence-electron chi connectivity index (χ3n) is 6.03. The van der Waals surface area contributed by atoms with Gasteiger partial charge in [0.15, 0.2) is 0 Å². The van der Waals surface area contributed by atoms with Crippen molar-refractivity contribution < 1.29 is 9.53 Å². The fraction of sp³-hybridized carbons (Fsp3) is 0.632. The van der Waals surface area contributed by atoms with Gasteiger partial charge in [0.1, 0.15) is 6.10 Å². The van der Waals surface area contributed by atoms with Gasteiger partial charge in [0.05, 0.1) is 5.41 Å². The van der Waals surface area contributed by atoms with Crippen molar-refractivity contribution in [1.82, 2.24) is 10.2 Å². The average molecular weight is 314 g/mol. The molecule has 124 valence electrons. The van der Waals surface area contributed by atoms with Crippen LogP contribution < -0.4 is 5.32 Å². The van der Waals surface area contributed by atoms with E-state index in [0.29, 0.717) is 5.92 Å². The van der Waals surface area contributed by atoms with E-state index in [1.807, 2.05) is 18.2 Å². The molecule has 0 aromatic heterocycles. The lowest BCUT2D eigenvalue weighted by Crippen LogP contribution is -2.54. The standard InChI is InChI=1S/C19H26N2O2/c22-18(23-17-14-21-12-6-15(17)7-13-21)19(8-10-20-11-9-19)16-4-2-1-3-5-16/h1-5,15,17,20H,6-14H2. The van der Waals surface area contributed by atoms with Crippen molar-refractivity contribution in [3.8, 4) is 0 Å². The van der Waals surface area contributed by atoms with Crippen molar-refractivity contribution in [3.05, 3.63) is 35.9 Å². The van der Waals surface area contributed by atoms with Crippen molar-refractivity contribution in [3.63, 3.8) is 0 Å². The van der Waals surface area contributed by atoms with Gasteiger partial charge in [-0.05, 0) is 63.3 Å². The highest BCUT2D eigenvalue weighted by molar-refractivity contribution is 5.83. The molecular formula is C19H26N2O2. The Hall–Kier alpha value is -1.39. The fourth-order valence-corrected chi connectivity index (χ4v) is 4.52. The van der Waals surface area contributed by atoms with Gasteiger partial charge in [-0.25, -0.2) is 0 Å². The Morgan fingerprint density at radius 1 is 1.13 bits per heavy atom. The highest BCUT2D eigenvalue weighted by atomic mass is 16.5. The van der Waals surface area contributed by atoms with E-state index in [1.165, 1.54) is 25.9 Å². The second-order valence-corrected chi connectivity index (χ2v) is 7.28. The predicted molar refractivity (Wildman–Crippen MR) is 89.3 cm³/mol. The van der Waals surface area contributed by atoms with Gasteiger partial charge in [0.2, 0.25) is 0 Å². The maximum Gasteiger partial charge on any atom is 0.316 e. The molecule has 0 saturated carbocycles. The highest BCUT2D eigenvalue weighted by Crippen LogP contribution is 2.37. The van der Waals surface area contributed by atoms with Crippen molar-refractivity contribution in [2.45, 2.75) is 37.2 Å². The summed E-state index contributed by atoms with van der Waals surface area (Å²) in [6.45, 7) is 5.03. The van der Waals surface area contributed by atoms with E-state index in [9.17, 15) is 4.79 Å². The number of carbonyl (C=O) groups is 1. The SMILES string of the molecule is O=C(OC1CN2CCC1CC2)C1(c2ccccc2)CCNCC1. The molecule has 4 aliphatic rings. The summed E-state index contributed by atoms with van der Waals surface area (Å²) in [4.78, 5) is 15.6. The number of piperidine rings is 4. The van der Waals surface area contributed by atoms with Crippen LogP contribution in [0.1, 0.15) is 31.2 Å². The number of hydrogen-bond donors (Lipinski definition) is 1. The van der Waals surface area contributed by atoms with Gasteiger partial charge in [0, 0.05) is 6.54 Å². The van der Waals surface area contributed by atoms with E-state index in [1.54, 1.807) is 0 Å². The molecule has 2 bridgehead atoms. The molecule has 1 N–H and O–H groups in total. The minimum absolute atomic E-state index is 0.00366. The number of carbonyl (C=O) groups excluding carboxylic acids is 1. The van der Waals surface area contributed by atoms with E-state index < -0.39 is 5.41 Å². The largest absolute Gasteiger partial charge is 0.460 e. The Morgan fingerprint density at radius 2 is 1.83 bits per heavy atom. The summed E-state index contributed by atoms with van der Waals surface area (Å²) < 4.78 is 6.11. The topological polar surface area (TPSA) is 41.6 Å². The quantitative estimate of drug-likeness (QED) is 0.866. The van der Waals surface area contributed by atoms with E-state index in [2.05, 4.69) is 22.3 Å². The monoisotopic (exact) mass is 314 g/mol. The van der Waals surface area contributed by atoms with Crippen molar-refractivity contribution in [2.75, 3.05) is 32.7 Å². The van der Waals surface area contributed by atoms with Gasteiger partial charge < -0.3 is 10.1 Å². The summed E-state index contributed by atoms with van der Waals surface area (Å²) >= 11 is 0. The molecule has 1 aromatic carbocycles. The van der Waals surface area contributed by atoms with E-state index >= 15 is 0 Å². The summed E-state index contributed by atoms with van der Waals surface area (Å²) in [6, 6.07) is 10.2. The van der Waals surface area contributed by atoms with Crippen molar-refractivity contribution in [1.29, 1.82) is 0 Å². The van der Waals surface area contributed by atoms with Crippen LogP contribution in [0.3, 0.4) is 0 Å². The molecule has 0 aliphatic carbocycles. The van der Waals surface area contributed by atoms with Gasteiger partial charge in [-0.2, -0.15) is 0 Å². The molecule has 4 heteroatoms. The maximum atomic E-state index is 13.2. The zero-order valence-electron chi connectivity index (χ0n) is 13.7. The van der Waals surface area contributed by atoms with Gasteiger partial charge >= 0.3 is 5.97 Å². The van der Waals surface area contributed by atoms with Crippen LogP contribution in [-0.2, 0) is 14.9 Å². The van der Waals surface area contributed by atoms with Crippen LogP contribution in [0, 0.1) is 5.92 Å². The second kappa shape index (κ2) is 6.25. The fourth-order valence-electron chi connectivity index (χ4n) is 4.52. The van der Waals surface area contributed by atoms with Crippen LogP contribution in [0.4, 0.5) is 0 Å². The van der Waals surface area contributed by atoms with Crippen molar-refractivity contribution in [2.24, 2.45) is 5.92 Å². The third kappa shape index (κ3) is 2.79. The molecule has 4 heterocycles. The molecule has 4 aliphatic heterocycles. The summed E-state index contributed by atoms with van der Waals surface area (Å²) in [5, 5.41) is 3.38. The molecule has 1 unspecified atom stereocenters. The summed E-state index contributed by atoms with van der Waals surface area (Å²) in [7, 11) is 0. The minimum Gasteiger partial charge on any atom is -0.460 e. The zero-order valence-corrected chi connectivity index (χ0v) is 13.7.